The fourth-order valence-corrected chi connectivity index (χ4v) is 1.37. The molecule has 0 amide bonds. The maximum atomic E-state index is 11.5. The van der Waals surface area contributed by atoms with Gasteiger partial charge in [0, 0.05) is 0 Å². The van der Waals surface area contributed by atoms with Gasteiger partial charge in [0.15, 0.2) is 0 Å². The molecule has 1 rings (SSSR count). The molecule has 0 atom stereocenters. The first-order chi connectivity index (χ1) is 8.77. The Balaban J connectivity index is 2.82. The number of hydrogen-bond donors (Lipinski definition) is 1. The predicted octanol–water partition coefficient (Wildman–Crippen LogP) is 1.75. The standard InChI is InChI=1S/C12H16N2O5/c1-12(2,11(15)18-3)7-19-8-4-5-9(13)10(6-8)14(16)17/h4-6H,7,13H2,1-3H3. The summed E-state index contributed by atoms with van der Waals surface area (Å²) in [4.78, 5) is 21.6. The van der Waals surface area contributed by atoms with E-state index in [2.05, 4.69) is 4.74 Å². The second kappa shape index (κ2) is 5.55. The van der Waals surface area contributed by atoms with Crippen LogP contribution in [0.25, 0.3) is 0 Å². The van der Waals surface area contributed by atoms with Crippen molar-refractivity contribution in [2.45, 2.75) is 13.8 Å². The van der Waals surface area contributed by atoms with Crippen LogP contribution in [0.15, 0.2) is 18.2 Å². The number of nitrogens with zero attached hydrogens (tertiary/aromatic N) is 1. The van der Waals surface area contributed by atoms with Crippen LogP contribution < -0.4 is 10.5 Å². The molecule has 0 aliphatic heterocycles. The van der Waals surface area contributed by atoms with E-state index in [1.807, 2.05) is 0 Å². The Hall–Kier alpha value is -2.31. The van der Waals surface area contributed by atoms with Crippen LogP contribution in [0.1, 0.15) is 13.8 Å². The largest absolute Gasteiger partial charge is 0.492 e. The molecule has 104 valence electrons. The van der Waals surface area contributed by atoms with Gasteiger partial charge >= 0.3 is 5.97 Å². The van der Waals surface area contributed by atoms with Crippen molar-refractivity contribution in [2.75, 3.05) is 19.5 Å². The molecule has 0 aliphatic rings. The van der Waals surface area contributed by atoms with E-state index in [0.29, 0.717) is 0 Å². The summed E-state index contributed by atoms with van der Waals surface area (Å²) < 4.78 is 10.0. The summed E-state index contributed by atoms with van der Waals surface area (Å²) in [6.45, 7) is 3.36. The number of benzene rings is 1. The van der Waals surface area contributed by atoms with Gasteiger partial charge in [-0.2, -0.15) is 0 Å². The Morgan fingerprint density at radius 1 is 1.47 bits per heavy atom. The fraction of sp³-hybridized carbons (Fsp3) is 0.417. The van der Waals surface area contributed by atoms with E-state index in [1.165, 1.54) is 25.3 Å². The number of nitrogens with two attached hydrogens (primary N) is 1. The zero-order valence-corrected chi connectivity index (χ0v) is 11.0. The van der Waals surface area contributed by atoms with Gasteiger partial charge in [0.1, 0.15) is 18.0 Å². The highest BCUT2D eigenvalue weighted by Crippen LogP contribution is 2.28. The van der Waals surface area contributed by atoms with Crippen LogP contribution in [0.3, 0.4) is 0 Å². The highest BCUT2D eigenvalue weighted by Gasteiger charge is 2.30. The number of nitro benzene ring substituents is 1. The van der Waals surface area contributed by atoms with Gasteiger partial charge in [0.25, 0.3) is 5.69 Å². The van der Waals surface area contributed by atoms with Crippen molar-refractivity contribution >= 4 is 17.3 Å². The number of methoxy groups -OCH3 is 1. The maximum absolute atomic E-state index is 11.5. The first-order valence-corrected chi connectivity index (χ1v) is 5.53. The molecule has 2 N–H and O–H groups in total. The third-order valence-electron chi connectivity index (χ3n) is 2.54. The topological polar surface area (TPSA) is 105 Å². The van der Waals surface area contributed by atoms with Crippen LogP contribution in [0.4, 0.5) is 11.4 Å². The van der Waals surface area contributed by atoms with E-state index in [9.17, 15) is 14.9 Å². The molecule has 0 bridgehead atoms. The van der Waals surface area contributed by atoms with Gasteiger partial charge in [0.2, 0.25) is 0 Å². The lowest BCUT2D eigenvalue weighted by molar-refractivity contribution is -0.384. The van der Waals surface area contributed by atoms with Crippen LogP contribution >= 0.6 is 0 Å². The number of nitrogen functional groups attached to an aromatic ring is 1. The summed E-state index contributed by atoms with van der Waals surface area (Å²) in [6.07, 6.45) is 0. The van der Waals surface area contributed by atoms with E-state index in [-0.39, 0.29) is 23.7 Å². The number of carbonyl (C=O) groups is 1. The Bertz CT molecular complexity index is 499. The quantitative estimate of drug-likeness (QED) is 0.377. The van der Waals surface area contributed by atoms with Crippen molar-refractivity contribution in [2.24, 2.45) is 5.41 Å². The monoisotopic (exact) mass is 268 g/mol. The molecule has 1 aromatic carbocycles. The summed E-state index contributed by atoms with van der Waals surface area (Å²) >= 11 is 0. The molecule has 1 aromatic rings. The van der Waals surface area contributed by atoms with E-state index >= 15 is 0 Å². The number of hydrogen-bond acceptors (Lipinski definition) is 6. The number of esters is 1. The fourth-order valence-electron chi connectivity index (χ4n) is 1.37. The normalized spacial score (nSPS) is 10.9. The minimum absolute atomic E-state index is 0.0424. The lowest BCUT2D eigenvalue weighted by atomic mass is 9.95. The second-order valence-electron chi connectivity index (χ2n) is 4.64. The third-order valence-corrected chi connectivity index (χ3v) is 2.54. The first-order valence-electron chi connectivity index (χ1n) is 5.53. The molecular weight excluding hydrogens is 252 g/mol. The van der Waals surface area contributed by atoms with Crippen LogP contribution in [0.5, 0.6) is 5.75 Å². The summed E-state index contributed by atoms with van der Waals surface area (Å²) in [5, 5.41) is 10.7. The van der Waals surface area contributed by atoms with E-state index in [0.717, 1.165) is 0 Å². The van der Waals surface area contributed by atoms with Crippen molar-refractivity contribution in [3.8, 4) is 5.75 Å². The zero-order chi connectivity index (χ0) is 14.6. The molecule has 0 heterocycles. The number of anilines is 1. The molecule has 0 aromatic heterocycles. The molecule has 0 fully saturated rings. The molecular formula is C12H16N2O5. The van der Waals surface area contributed by atoms with Gasteiger partial charge in [-0.3, -0.25) is 14.9 Å². The first kappa shape index (κ1) is 14.7. The summed E-state index contributed by atoms with van der Waals surface area (Å²) in [7, 11) is 1.29. The second-order valence-corrected chi connectivity index (χ2v) is 4.64. The van der Waals surface area contributed by atoms with E-state index < -0.39 is 16.3 Å². The number of ether oxygens (including phenoxy) is 2. The minimum Gasteiger partial charge on any atom is -0.492 e. The smallest absolute Gasteiger partial charge is 0.314 e. The van der Waals surface area contributed by atoms with Crippen molar-refractivity contribution in [1.29, 1.82) is 0 Å². The summed E-state index contributed by atoms with van der Waals surface area (Å²) in [6, 6.07) is 4.12. The molecule has 19 heavy (non-hydrogen) atoms. The average molecular weight is 268 g/mol. The molecule has 0 unspecified atom stereocenters. The van der Waals surface area contributed by atoms with Crippen LogP contribution in [0.2, 0.25) is 0 Å². The molecule has 0 radical (unpaired) electrons. The molecule has 0 saturated heterocycles. The highest BCUT2D eigenvalue weighted by molar-refractivity contribution is 5.75. The average Bonchev–Trinajstić information content (AvgIpc) is 2.36. The minimum atomic E-state index is -0.842. The van der Waals surface area contributed by atoms with E-state index in [1.54, 1.807) is 13.8 Å². The SMILES string of the molecule is COC(=O)C(C)(C)COc1ccc(N)c([N+](=O)[O-])c1. The molecule has 0 aliphatic carbocycles. The van der Waals surface area contributed by atoms with Gasteiger partial charge in [0.05, 0.1) is 23.5 Å². The number of nitro groups is 1. The van der Waals surface area contributed by atoms with Crippen molar-refractivity contribution in [3.63, 3.8) is 0 Å². The number of carbonyl (C=O) groups excluding carboxylic acids is 1. The molecule has 7 nitrogen and oxygen atoms in total. The van der Waals surface area contributed by atoms with Gasteiger partial charge in [-0.15, -0.1) is 0 Å². The third kappa shape index (κ3) is 3.57. The van der Waals surface area contributed by atoms with Crippen molar-refractivity contribution in [3.05, 3.63) is 28.3 Å². The summed E-state index contributed by atoms with van der Waals surface area (Å²) in [5.74, 6) is -0.143. The van der Waals surface area contributed by atoms with E-state index in [4.69, 9.17) is 10.5 Å². The Kier molecular flexibility index (Phi) is 4.31. The van der Waals surface area contributed by atoms with Crippen molar-refractivity contribution < 1.29 is 19.2 Å². The van der Waals surface area contributed by atoms with Gasteiger partial charge in [-0.05, 0) is 26.0 Å². The number of rotatable bonds is 5. The Labute approximate surface area is 110 Å². The van der Waals surface area contributed by atoms with Crippen molar-refractivity contribution in [1.82, 2.24) is 0 Å². The van der Waals surface area contributed by atoms with Crippen LogP contribution in [-0.2, 0) is 9.53 Å². The maximum Gasteiger partial charge on any atom is 0.314 e. The Morgan fingerprint density at radius 2 is 2.11 bits per heavy atom. The highest BCUT2D eigenvalue weighted by atomic mass is 16.6. The van der Waals surface area contributed by atoms with Gasteiger partial charge < -0.3 is 15.2 Å². The lowest BCUT2D eigenvalue weighted by Gasteiger charge is -2.21. The lowest BCUT2D eigenvalue weighted by Crippen LogP contribution is -2.32. The summed E-state index contributed by atoms with van der Waals surface area (Å²) in [5.41, 5.74) is 4.46. The van der Waals surface area contributed by atoms with Crippen LogP contribution in [0, 0.1) is 15.5 Å². The zero-order valence-electron chi connectivity index (χ0n) is 11.0. The Morgan fingerprint density at radius 3 is 2.63 bits per heavy atom. The van der Waals surface area contributed by atoms with Gasteiger partial charge in [-0.1, -0.05) is 0 Å². The van der Waals surface area contributed by atoms with Crippen LogP contribution in [-0.4, -0.2) is 24.6 Å². The predicted molar refractivity (Wildman–Crippen MR) is 68.8 cm³/mol. The molecule has 0 saturated carbocycles. The van der Waals surface area contributed by atoms with Gasteiger partial charge in [-0.25, -0.2) is 0 Å². The molecule has 7 heteroatoms. The molecule has 0 spiro atoms.